The Balaban J connectivity index is 2.62. The molecular weight excluding hydrogens is 204 g/mol. The molecule has 1 aliphatic heterocycles. The summed E-state index contributed by atoms with van der Waals surface area (Å²) in [6.07, 6.45) is -1.99. The van der Waals surface area contributed by atoms with Crippen molar-refractivity contribution in [2.45, 2.75) is 32.2 Å². The Morgan fingerprint density at radius 2 is 1.93 bits per heavy atom. The molecule has 0 spiro atoms. The van der Waals surface area contributed by atoms with Crippen molar-refractivity contribution >= 4 is 11.9 Å². The van der Waals surface area contributed by atoms with Crippen LogP contribution in [-0.4, -0.2) is 48.6 Å². The van der Waals surface area contributed by atoms with E-state index in [0.29, 0.717) is 0 Å². The zero-order valence-corrected chi connectivity index (χ0v) is 8.63. The highest BCUT2D eigenvalue weighted by molar-refractivity contribution is 5.67. The smallest absolute Gasteiger partial charge is 0.303 e. The van der Waals surface area contributed by atoms with Crippen LogP contribution in [0.2, 0.25) is 0 Å². The van der Waals surface area contributed by atoms with E-state index in [0.717, 1.165) is 0 Å². The molecule has 0 aromatic rings. The minimum Gasteiger partial charge on any atom is -0.456 e. The number of aliphatic hydroxyl groups excluding tert-OH is 1. The molecule has 0 unspecified atom stereocenters. The third kappa shape index (κ3) is 3.17. The SMILES string of the molecule is CC(=O)O[C@@H]1[C@@H](CO)OC[C@H]1OC(C)=O. The number of hydrogen-bond donors (Lipinski definition) is 1. The lowest BCUT2D eigenvalue weighted by Gasteiger charge is -2.20. The summed E-state index contributed by atoms with van der Waals surface area (Å²) in [5.74, 6) is -0.972. The van der Waals surface area contributed by atoms with Gasteiger partial charge in [0.15, 0.2) is 12.2 Å². The van der Waals surface area contributed by atoms with Crippen LogP contribution in [0.5, 0.6) is 0 Å². The normalized spacial score (nSPS) is 29.9. The van der Waals surface area contributed by atoms with Crippen LogP contribution in [0.1, 0.15) is 13.8 Å². The number of aliphatic hydroxyl groups is 1. The van der Waals surface area contributed by atoms with Crippen LogP contribution >= 0.6 is 0 Å². The van der Waals surface area contributed by atoms with E-state index in [1.807, 2.05) is 0 Å². The highest BCUT2D eigenvalue weighted by Crippen LogP contribution is 2.20. The van der Waals surface area contributed by atoms with E-state index in [1.165, 1.54) is 13.8 Å². The fourth-order valence-electron chi connectivity index (χ4n) is 1.46. The van der Waals surface area contributed by atoms with Gasteiger partial charge in [-0.3, -0.25) is 9.59 Å². The van der Waals surface area contributed by atoms with Gasteiger partial charge in [-0.05, 0) is 0 Å². The highest BCUT2D eigenvalue weighted by atomic mass is 16.6. The Bertz CT molecular complexity index is 251. The first-order valence-corrected chi connectivity index (χ1v) is 4.61. The van der Waals surface area contributed by atoms with Gasteiger partial charge in [-0.25, -0.2) is 0 Å². The molecule has 0 amide bonds. The molecule has 6 heteroatoms. The number of rotatable bonds is 3. The van der Waals surface area contributed by atoms with E-state index in [2.05, 4.69) is 0 Å². The standard InChI is InChI=1S/C9H14O6/c1-5(11)14-8-4-13-7(3-10)9(8)15-6(2)12/h7-10H,3-4H2,1-2H3/t7-,8-,9-/m1/s1. The quantitative estimate of drug-likeness (QED) is 0.627. The maximum absolute atomic E-state index is 10.8. The van der Waals surface area contributed by atoms with Crippen LogP contribution < -0.4 is 0 Å². The van der Waals surface area contributed by atoms with Gasteiger partial charge >= 0.3 is 11.9 Å². The maximum atomic E-state index is 10.8. The van der Waals surface area contributed by atoms with Gasteiger partial charge in [-0.2, -0.15) is 0 Å². The third-order valence-corrected chi connectivity index (χ3v) is 2.01. The predicted octanol–water partition coefficient (Wildman–Crippen LogP) is -0.759. The molecule has 1 aliphatic rings. The van der Waals surface area contributed by atoms with Gasteiger partial charge in [-0.1, -0.05) is 0 Å². The summed E-state index contributed by atoms with van der Waals surface area (Å²) in [4.78, 5) is 21.5. The van der Waals surface area contributed by atoms with Gasteiger partial charge in [0, 0.05) is 13.8 Å². The van der Waals surface area contributed by atoms with Gasteiger partial charge < -0.3 is 19.3 Å². The fraction of sp³-hybridized carbons (Fsp3) is 0.778. The van der Waals surface area contributed by atoms with Crippen molar-refractivity contribution in [3.8, 4) is 0 Å². The number of carbonyl (C=O) groups excluding carboxylic acids is 2. The summed E-state index contributed by atoms with van der Waals surface area (Å²) >= 11 is 0. The number of esters is 2. The summed E-state index contributed by atoms with van der Waals surface area (Å²) in [7, 11) is 0. The lowest BCUT2D eigenvalue weighted by Crippen LogP contribution is -2.38. The van der Waals surface area contributed by atoms with Crippen molar-refractivity contribution in [2.75, 3.05) is 13.2 Å². The molecule has 0 aromatic carbocycles. The van der Waals surface area contributed by atoms with Crippen molar-refractivity contribution in [3.63, 3.8) is 0 Å². The predicted molar refractivity (Wildman–Crippen MR) is 47.9 cm³/mol. The Hall–Kier alpha value is -1.14. The number of hydrogen-bond acceptors (Lipinski definition) is 6. The monoisotopic (exact) mass is 218 g/mol. The van der Waals surface area contributed by atoms with Crippen molar-refractivity contribution in [3.05, 3.63) is 0 Å². The molecule has 15 heavy (non-hydrogen) atoms. The van der Waals surface area contributed by atoms with E-state index in [-0.39, 0.29) is 13.2 Å². The van der Waals surface area contributed by atoms with Gasteiger partial charge in [0.2, 0.25) is 0 Å². The molecule has 1 fully saturated rings. The first kappa shape index (κ1) is 11.9. The minimum absolute atomic E-state index is 0.128. The molecule has 1 saturated heterocycles. The first-order chi connectivity index (χ1) is 7.04. The van der Waals surface area contributed by atoms with Crippen molar-refractivity contribution in [2.24, 2.45) is 0 Å². The second-order valence-corrected chi connectivity index (χ2v) is 3.28. The fourth-order valence-corrected chi connectivity index (χ4v) is 1.46. The van der Waals surface area contributed by atoms with E-state index >= 15 is 0 Å². The molecule has 1 N–H and O–H groups in total. The third-order valence-electron chi connectivity index (χ3n) is 2.01. The summed E-state index contributed by atoms with van der Waals surface area (Å²) in [6.45, 7) is 2.35. The van der Waals surface area contributed by atoms with Crippen LogP contribution in [0.3, 0.4) is 0 Å². The molecule has 0 bridgehead atoms. The molecule has 6 nitrogen and oxygen atoms in total. The van der Waals surface area contributed by atoms with Crippen LogP contribution in [0.15, 0.2) is 0 Å². The van der Waals surface area contributed by atoms with Crippen LogP contribution in [-0.2, 0) is 23.8 Å². The summed E-state index contributed by atoms with van der Waals surface area (Å²) in [5.41, 5.74) is 0. The van der Waals surface area contributed by atoms with Gasteiger partial charge in [-0.15, -0.1) is 0 Å². The van der Waals surface area contributed by atoms with Crippen molar-refractivity contribution in [1.82, 2.24) is 0 Å². The van der Waals surface area contributed by atoms with Crippen molar-refractivity contribution in [1.29, 1.82) is 0 Å². The lowest BCUT2D eigenvalue weighted by molar-refractivity contribution is -0.163. The number of ether oxygens (including phenoxy) is 3. The molecule has 86 valence electrons. The van der Waals surface area contributed by atoms with E-state index in [4.69, 9.17) is 19.3 Å². The number of carbonyl (C=O) groups is 2. The summed E-state index contributed by atoms with van der Waals surface area (Å²) in [5, 5.41) is 8.94. The Morgan fingerprint density at radius 1 is 1.33 bits per heavy atom. The molecule has 3 atom stereocenters. The largest absolute Gasteiger partial charge is 0.456 e. The topological polar surface area (TPSA) is 82.1 Å². The minimum atomic E-state index is -0.726. The van der Waals surface area contributed by atoms with Crippen molar-refractivity contribution < 1.29 is 28.9 Å². The van der Waals surface area contributed by atoms with Gasteiger partial charge in [0.05, 0.1) is 13.2 Å². The van der Waals surface area contributed by atoms with Crippen LogP contribution in [0, 0.1) is 0 Å². The summed E-state index contributed by atoms with van der Waals surface area (Å²) < 4.78 is 15.0. The highest BCUT2D eigenvalue weighted by Gasteiger charge is 2.41. The molecule has 1 rings (SSSR count). The lowest BCUT2D eigenvalue weighted by atomic mass is 10.1. The average molecular weight is 218 g/mol. The zero-order valence-electron chi connectivity index (χ0n) is 8.63. The van der Waals surface area contributed by atoms with E-state index in [9.17, 15) is 9.59 Å². The molecular formula is C9H14O6. The summed E-state index contributed by atoms with van der Waals surface area (Å²) in [6, 6.07) is 0. The van der Waals surface area contributed by atoms with Gasteiger partial charge in [0.25, 0.3) is 0 Å². The zero-order chi connectivity index (χ0) is 11.4. The second kappa shape index (κ2) is 5.09. The van der Waals surface area contributed by atoms with Gasteiger partial charge in [0.1, 0.15) is 6.10 Å². The molecule has 0 aromatic heterocycles. The van der Waals surface area contributed by atoms with Crippen LogP contribution in [0.25, 0.3) is 0 Å². The molecule has 1 heterocycles. The van der Waals surface area contributed by atoms with E-state index < -0.39 is 30.3 Å². The maximum Gasteiger partial charge on any atom is 0.303 e. The molecule has 0 aliphatic carbocycles. The average Bonchev–Trinajstić information content (AvgIpc) is 2.47. The van der Waals surface area contributed by atoms with E-state index in [1.54, 1.807) is 0 Å². The molecule has 0 radical (unpaired) electrons. The van der Waals surface area contributed by atoms with Crippen LogP contribution in [0.4, 0.5) is 0 Å². The molecule has 0 saturated carbocycles. The Labute approximate surface area is 87.1 Å². The first-order valence-electron chi connectivity index (χ1n) is 4.61. The second-order valence-electron chi connectivity index (χ2n) is 3.28. The Kier molecular flexibility index (Phi) is 4.05. The Morgan fingerprint density at radius 3 is 2.40 bits per heavy atom.